The van der Waals surface area contributed by atoms with Crippen LogP contribution in [0.4, 0.5) is 0 Å². The first-order valence-electron chi connectivity index (χ1n) is 9.49. The lowest BCUT2D eigenvalue weighted by molar-refractivity contribution is 0.150. The lowest BCUT2D eigenvalue weighted by atomic mass is 9.86. The zero-order valence-electron chi connectivity index (χ0n) is 15.0. The molecule has 3 aliphatic carbocycles. The van der Waals surface area contributed by atoms with E-state index in [0.717, 1.165) is 28.9 Å². The molecule has 0 bridgehead atoms. The fraction of sp³-hybridized carbons (Fsp3) is 0.476. The predicted molar refractivity (Wildman–Crippen MR) is 98.1 cm³/mol. The number of ether oxygens (including phenoxy) is 1. The van der Waals surface area contributed by atoms with Gasteiger partial charge in [-0.1, -0.05) is 18.9 Å². The molecular weight excluding hydrogens is 324 g/mol. The van der Waals surface area contributed by atoms with Gasteiger partial charge in [-0.2, -0.15) is 10.4 Å². The molecule has 3 aliphatic rings. The summed E-state index contributed by atoms with van der Waals surface area (Å²) < 4.78 is 7.94. The Labute approximate surface area is 153 Å². The number of methoxy groups -OCH3 is 1. The number of pyridine rings is 1. The molecule has 0 N–H and O–H groups in total. The van der Waals surface area contributed by atoms with Crippen molar-refractivity contribution in [3.8, 4) is 17.3 Å². The SMILES string of the molecule is COC1C2=CCc3nccc(c32)-c2nn(C(CC#N)C3CCCC3)cc21. The second kappa shape index (κ2) is 6.07. The highest BCUT2D eigenvalue weighted by molar-refractivity contribution is 5.91. The third-order valence-corrected chi connectivity index (χ3v) is 6.23. The monoisotopic (exact) mass is 346 g/mol. The molecule has 5 nitrogen and oxygen atoms in total. The maximum Gasteiger partial charge on any atom is 0.111 e. The minimum Gasteiger partial charge on any atom is -0.372 e. The molecule has 1 saturated carbocycles. The standard InChI is InChI=1S/C21H22N4O/c1-26-21-15-6-7-17-19(15)14(9-11-23-17)20-16(21)12-25(24-20)18(8-10-22)13-4-2-3-5-13/h6,9,11-13,18,21H,2-5,7-8H2,1H3. The molecule has 5 rings (SSSR count). The number of fused-ring (bicyclic) bond motifs is 2. The summed E-state index contributed by atoms with van der Waals surface area (Å²) in [4.78, 5) is 4.54. The Hall–Kier alpha value is -2.45. The molecule has 2 aromatic heterocycles. The molecule has 2 aromatic rings. The lowest BCUT2D eigenvalue weighted by Gasteiger charge is -2.24. The summed E-state index contributed by atoms with van der Waals surface area (Å²) in [5, 5.41) is 14.4. The second-order valence-corrected chi connectivity index (χ2v) is 7.55. The molecule has 2 unspecified atom stereocenters. The fourth-order valence-corrected chi connectivity index (χ4v) is 5.04. The summed E-state index contributed by atoms with van der Waals surface area (Å²) in [6, 6.07) is 4.61. The Morgan fingerprint density at radius 1 is 1.38 bits per heavy atom. The van der Waals surface area contributed by atoms with Crippen molar-refractivity contribution in [2.24, 2.45) is 5.92 Å². The number of nitriles is 1. The number of hydrogen-bond donors (Lipinski definition) is 0. The zero-order chi connectivity index (χ0) is 17.7. The van der Waals surface area contributed by atoms with Gasteiger partial charge in [0.05, 0.1) is 29.9 Å². The van der Waals surface area contributed by atoms with Crippen LogP contribution >= 0.6 is 0 Å². The average molecular weight is 346 g/mol. The van der Waals surface area contributed by atoms with Crippen LogP contribution in [0.2, 0.25) is 0 Å². The average Bonchev–Trinajstić information content (AvgIpc) is 3.40. The molecule has 0 saturated heterocycles. The van der Waals surface area contributed by atoms with Crippen LogP contribution in [-0.2, 0) is 11.2 Å². The van der Waals surface area contributed by atoms with Crippen LogP contribution in [-0.4, -0.2) is 21.9 Å². The maximum atomic E-state index is 9.37. The molecule has 1 fully saturated rings. The van der Waals surface area contributed by atoms with Gasteiger partial charge in [0.25, 0.3) is 0 Å². The van der Waals surface area contributed by atoms with E-state index in [1.54, 1.807) is 7.11 Å². The van der Waals surface area contributed by atoms with Crippen molar-refractivity contribution in [2.75, 3.05) is 7.11 Å². The van der Waals surface area contributed by atoms with Gasteiger partial charge in [0.2, 0.25) is 0 Å². The van der Waals surface area contributed by atoms with Gasteiger partial charge in [-0.25, -0.2) is 0 Å². The Balaban J connectivity index is 1.64. The topological polar surface area (TPSA) is 63.7 Å². The molecule has 0 amide bonds. The van der Waals surface area contributed by atoms with E-state index in [9.17, 15) is 5.26 Å². The zero-order valence-corrected chi connectivity index (χ0v) is 15.0. The summed E-state index contributed by atoms with van der Waals surface area (Å²) in [6.45, 7) is 0. The van der Waals surface area contributed by atoms with Crippen LogP contribution in [0.1, 0.15) is 61.1 Å². The van der Waals surface area contributed by atoms with Gasteiger partial charge in [0.15, 0.2) is 0 Å². The molecule has 0 aliphatic heterocycles. The fourth-order valence-electron chi connectivity index (χ4n) is 5.04. The lowest BCUT2D eigenvalue weighted by Crippen LogP contribution is -2.17. The van der Waals surface area contributed by atoms with Gasteiger partial charge in [0.1, 0.15) is 6.10 Å². The maximum absolute atomic E-state index is 9.37. The highest BCUT2D eigenvalue weighted by Crippen LogP contribution is 2.50. The minimum absolute atomic E-state index is 0.0944. The third kappa shape index (κ3) is 2.18. The molecular formula is C21H22N4O. The highest BCUT2D eigenvalue weighted by atomic mass is 16.5. The predicted octanol–water partition coefficient (Wildman–Crippen LogP) is 4.23. The molecule has 0 radical (unpaired) electrons. The van der Waals surface area contributed by atoms with Crippen LogP contribution in [0.25, 0.3) is 16.8 Å². The molecule has 0 aromatic carbocycles. The normalized spacial score (nSPS) is 21.8. The molecule has 2 atom stereocenters. The smallest absolute Gasteiger partial charge is 0.111 e. The Morgan fingerprint density at radius 3 is 3.00 bits per heavy atom. The summed E-state index contributed by atoms with van der Waals surface area (Å²) in [5.74, 6) is 0.549. The first kappa shape index (κ1) is 15.8. The highest BCUT2D eigenvalue weighted by Gasteiger charge is 2.37. The number of allylic oxidation sites excluding steroid dienone is 1. The van der Waals surface area contributed by atoms with Crippen LogP contribution in [0, 0.1) is 17.2 Å². The van der Waals surface area contributed by atoms with E-state index in [2.05, 4.69) is 34.1 Å². The Morgan fingerprint density at radius 2 is 2.23 bits per heavy atom. The Kier molecular flexibility index (Phi) is 3.68. The minimum atomic E-state index is -0.0944. The van der Waals surface area contributed by atoms with Crippen LogP contribution in [0.5, 0.6) is 0 Å². The van der Waals surface area contributed by atoms with Gasteiger partial charge in [-0.05, 0) is 30.4 Å². The van der Waals surface area contributed by atoms with Crippen LogP contribution in [0.15, 0.2) is 24.5 Å². The summed E-state index contributed by atoms with van der Waals surface area (Å²) in [6.07, 6.45) is 12.4. The van der Waals surface area contributed by atoms with Crippen molar-refractivity contribution < 1.29 is 4.74 Å². The van der Waals surface area contributed by atoms with Crippen molar-refractivity contribution in [2.45, 2.75) is 50.7 Å². The molecule has 132 valence electrons. The first-order valence-corrected chi connectivity index (χ1v) is 9.49. The van der Waals surface area contributed by atoms with E-state index < -0.39 is 0 Å². The van der Waals surface area contributed by atoms with Crippen molar-refractivity contribution in [3.05, 3.63) is 41.4 Å². The number of hydrogen-bond acceptors (Lipinski definition) is 4. The molecule has 0 spiro atoms. The van der Waals surface area contributed by atoms with Crippen LogP contribution in [0.3, 0.4) is 0 Å². The molecule has 2 heterocycles. The third-order valence-electron chi connectivity index (χ3n) is 6.23. The largest absolute Gasteiger partial charge is 0.372 e. The van der Waals surface area contributed by atoms with Crippen molar-refractivity contribution in [3.63, 3.8) is 0 Å². The van der Waals surface area contributed by atoms with Gasteiger partial charge < -0.3 is 4.74 Å². The number of rotatable bonds is 4. The van der Waals surface area contributed by atoms with E-state index in [1.165, 1.54) is 36.8 Å². The van der Waals surface area contributed by atoms with Gasteiger partial charge in [-0.15, -0.1) is 0 Å². The molecule has 5 heteroatoms. The van der Waals surface area contributed by atoms with E-state index in [-0.39, 0.29) is 12.1 Å². The first-order chi connectivity index (χ1) is 12.8. The number of nitrogens with zero attached hydrogens (tertiary/aromatic N) is 4. The van der Waals surface area contributed by atoms with E-state index in [0.29, 0.717) is 12.3 Å². The second-order valence-electron chi connectivity index (χ2n) is 7.55. The van der Waals surface area contributed by atoms with Gasteiger partial charge in [0, 0.05) is 42.6 Å². The summed E-state index contributed by atoms with van der Waals surface area (Å²) in [7, 11) is 1.76. The van der Waals surface area contributed by atoms with Crippen molar-refractivity contribution in [1.29, 1.82) is 5.26 Å². The summed E-state index contributed by atoms with van der Waals surface area (Å²) >= 11 is 0. The van der Waals surface area contributed by atoms with E-state index in [1.807, 2.05) is 6.20 Å². The van der Waals surface area contributed by atoms with Crippen molar-refractivity contribution in [1.82, 2.24) is 14.8 Å². The van der Waals surface area contributed by atoms with E-state index >= 15 is 0 Å². The Bertz CT molecular complexity index is 930. The van der Waals surface area contributed by atoms with Crippen LogP contribution < -0.4 is 0 Å². The van der Waals surface area contributed by atoms with Gasteiger partial charge >= 0.3 is 0 Å². The number of aromatic nitrogens is 3. The summed E-state index contributed by atoms with van der Waals surface area (Å²) in [5.41, 5.74) is 6.80. The van der Waals surface area contributed by atoms with Gasteiger partial charge in [-0.3, -0.25) is 9.67 Å². The molecule has 26 heavy (non-hydrogen) atoms. The van der Waals surface area contributed by atoms with E-state index in [4.69, 9.17) is 9.84 Å². The quantitative estimate of drug-likeness (QED) is 0.831. The van der Waals surface area contributed by atoms with Crippen molar-refractivity contribution >= 4 is 5.57 Å².